The van der Waals surface area contributed by atoms with Crippen molar-refractivity contribution in [2.45, 2.75) is 31.1 Å². The van der Waals surface area contributed by atoms with Gasteiger partial charge in [-0.05, 0) is 42.2 Å². The van der Waals surface area contributed by atoms with E-state index in [0.717, 1.165) is 12.0 Å². The second-order valence-electron chi connectivity index (χ2n) is 5.33. The lowest BCUT2D eigenvalue weighted by Gasteiger charge is -2.13. The van der Waals surface area contributed by atoms with Crippen molar-refractivity contribution in [2.75, 3.05) is 11.8 Å². The van der Waals surface area contributed by atoms with Gasteiger partial charge < -0.3 is 4.74 Å². The van der Waals surface area contributed by atoms with Gasteiger partial charge in [0, 0.05) is 6.07 Å². The van der Waals surface area contributed by atoms with E-state index in [4.69, 9.17) is 16.3 Å². The number of benzene rings is 2. The maximum absolute atomic E-state index is 12.5. The zero-order valence-corrected chi connectivity index (χ0v) is 14.9. The standard InChI is InChI=1S/C17H20ClNO3S/c1-4-12(2)13-5-8-15(9-6-13)23(20,21)19-17-11-14(22-3)7-10-16(17)18/h5-12,19H,4H2,1-3H3. The van der Waals surface area contributed by atoms with Gasteiger partial charge >= 0.3 is 0 Å². The monoisotopic (exact) mass is 353 g/mol. The number of ether oxygens (including phenoxy) is 1. The Bertz CT molecular complexity index is 773. The molecule has 0 bridgehead atoms. The molecule has 0 heterocycles. The molecule has 2 aromatic rings. The number of nitrogens with one attached hydrogen (secondary N) is 1. The third-order valence-electron chi connectivity index (χ3n) is 3.79. The van der Waals surface area contributed by atoms with Crippen molar-refractivity contribution >= 4 is 27.3 Å². The van der Waals surface area contributed by atoms with Crippen LogP contribution in [0.25, 0.3) is 0 Å². The van der Waals surface area contributed by atoms with Crippen LogP contribution < -0.4 is 9.46 Å². The number of sulfonamides is 1. The van der Waals surface area contributed by atoms with Crippen molar-refractivity contribution < 1.29 is 13.2 Å². The summed E-state index contributed by atoms with van der Waals surface area (Å²) in [6.07, 6.45) is 1.00. The lowest BCUT2D eigenvalue weighted by Crippen LogP contribution is -2.13. The topological polar surface area (TPSA) is 55.4 Å². The van der Waals surface area contributed by atoms with Crippen LogP contribution in [0, 0.1) is 0 Å². The first-order valence-corrected chi connectivity index (χ1v) is 9.19. The van der Waals surface area contributed by atoms with E-state index in [2.05, 4.69) is 18.6 Å². The van der Waals surface area contributed by atoms with Crippen molar-refractivity contribution in [3.63, 3.8) is 0 Å². The fourth-order valence-electron chi connectivity index (χ4n) is 2.12. The summed E-state index contributed by atoms with van der Waals surface area (Å²) in [5, 5.41) is 0.311. The van der Waals surface area contributed by atoms with E-state index in [-0.39, 0.29) is 10.6 Å². The number of hydrogen-bond acceptors (Lipinski definition) is 3. The number of halogens is 1. The molecule has 0 spiro atoms. The van der Waals surface area contributed by atoms with Crippen LogP contribution in [0.15, 0.2) is 47.4 Å². The smallest absolute Gasteiger partial charge is 0.261 e. The van der Waals surface area contributed by atoms with Crippen LogP contribution in [0.3, 0.4) is 0 Å². The molecule has 6 heteroatoms. The molecule has 2 aromatic carbocycles. The maximum atomic E-state index is 12.5. The highest BCUT2D eigenvalue weighted by atomic mass is 35.5. The summed E-state index contributed by atoms with van der Waals surface area (Å²) >= 11 is 6.05. The van der Waals surface area contributed by atoms with Gasteiger partial charge in [0.25, 0.3) is 10.0 Å². The van der Waals surface area contributed by atoms with Crippen LogP contribution in [0.2, 0.25) is 5.02 Å². The average molecular weight is 354 g/mol. The average Bonchev–Trinajstić information content (AvgIpc) is 2.56. The molecule has 0 saturated carbocycles. The molecular formula is C17H20ClNO3S. The van der Waals surface area contributed by atoms with Gasteiger partial charge in [-0.3, -0.25) is 4.72 Å². The van der Waals surface area contributed by atoms with Gasteiger partial charge in [-0.2, -0.15) is 0 Å². The highest BCUT2D eigenvalue weighted by Gasteiger charge is 2.16. The summed E-state index contributed by atoms with van der Waals surface area (Å²) in [6.45, 7) is 4.21. The van der Waals surface area contributed by atoms with Crippen molar-refractivity contribution in [3.05, 3.63) is 53.1 Å². The number of anilines is 1. The SMILES string of the molecule is CCC(C)c1ccc(S(=O)(=O)Nc2cc(OC)ccc2Cl)cc1. The largest absolute Gasteiger partial charge is 0.497 e. The predicted molar refractivity (Wildman–Crippen MR) is 94.0 cm³/mol. The van der Waals surface area contributed by atoms with Gasteiger partial charge in [-0.25, -0.2) is 8.42 Å². The fourth-order valence-corrected chi connectivity index (χ4v) is 3.42. The van der Waals surface area contributed by atoms with Gasteiger partial charge in [-0.1, -0.05) is 37.6 Å². The van der Waals surface area contributed by atoms with Crippen LogP contribution in [-0.4, -0.2) is 15.5 Å². The van der Waals surface area contributed by atoms with Crippen LogP contribution in [0.5, 0.6) is 5.75 Å². The lowest BCUT2D eigenvalue weighted by molar-refractivity contribution is 0.415. The quantitative estimate of drug-likeness (QED) is 0.821. The Morgan fingerprint density at radius 2 is 1.83 bits per heavy atom. The molecule has 0 aliphatic heterocycles. The van der Waals surface area contributed by atoms with Crippen LogP contribution in [-0.2, 0) is 10.0 Å². The van der Waals surface area contributed by atoms with Gasteiger partial charge in [0.1, 0.15) is 5.75 Å². The molecule has 2 rings (SSSR count). The van der Waals surface area contributed by atoms with E-state index in [9.17, 15) is 8.42 Å². The number of rotatable bonds is 6. The van der Waals surface area contributed by atoms with Crippen molar-refractivity contribution in [3.8, 4) is 5.75 Å². The minimum Gasteiger partial charge on any atom is -0.497 e. The van der Waals surface area contributed by atoms with Gasteiger partial charge in [0.05, 0.1) is 22.7 Å². The van der Waals surface area contributed by atoms with E-state index < -0.39 is 10.0 Å². The predicted octanol–water partition coefficient (Wildman–Crippen LogP) is 4.66. The maximum Gasteiger partial charge on any atom is 0.261 e. The van der Waals surface area contributed by atoms with Gasteiger partial charge in [-0.15, -0.1) is 0 Å². The van der Waals surface area contributed by atoms with E-state index in [1.807, 2.05) is 12.1 Å². The summed E-state index contributed by atoms with van der Waals surface area (Å²) in [6, 6.07) is 11.7. The molecule has 23 heavy (non-hydrogen) atoms. The summed E-state index contributed by atoms with van der Waals surface area (Å²) in [4.78, 5) is 0.198. The van der Waals surface area contributed by atoms with Crippen molar-refractivity contribution in [1.82, 2.24) is 0 Å². The molecule has 0 saturated heterocycles. The molecule has 1 N–H and O–H groups in total. The Hall–Kier alpha value is -1.72. The van der Waals surface area contributed by atoms with E-state index in [1.165, 1.54) is 7.11 Å². The number of methoxy groups -OCH3 is 1. The molecule has 0 aromatic heterocycles. The fraction of sp³-hybridized carbons (Fsp3) is 0.294. The minimum absolute atomic E-state index is 0.198. The molecule has 0 aliphatic carbocycles. The summed E-state index contributed by atoms with van der Waals surface area (Å²) in [5.74, 6) is 0.923. The normalized spacial score (nSPS) is 12.7. The third-order valence-corrected chi connectivity index (χ3v) is 5.50. The second-order valence-corrected chi connectivity index (χ2v) is 7.42. The van der Waals surface area contributed by atoms with Crippen molar-refractivity contribution in [1.29, 1.82) is 0 Å². The van der Waals surface area contributed by atoms with Gasteiger partial charge in [0.2, 0.25) is 0 Å². The van der Waals surface area contributed by atoms with Crippen molar-refractivity contribution in [2.24, 2.45) is 0 Å². The molecule has 4 nitrogen and oxygen atoms in total. The summed E-state index contributed by atoms with van der Waals surface area (Å²) in [5.41, 5.74) is 1.41. The van der Waals surface area contributed by atoms with E-state index in [1.54, 1.807) is 30.3 Å². The molecule has 0 aliphatic rings. The Kier molecular flexibility index (Phi) is 5.55. The molecule has 1 unspecified atom stereocenters. The number of hydrogen-bond donors (Lipinski definition) is 1. The molecule has 0 amide bonds. The van der Waals surface area contributed by atoms with Crippen LogP contribution in [0.4, 0.5) is 5.69 Å². The third kappa shape index (κ3) is 4.18. The lowest BCUT2D eigenvalue weighted by atomic mass is 9.99. The minimum atomic E-state index is -3.70. The highest BCUT2D eigenvalue weighted by Crippen LogP contribution is 2.29. The Morgan fingerprint density at radius 1 is 1.17 bits per heavy atom. The highest BCUT2D eigenvalue weighted by molar-refractivity contribution is 7.92. The molecule has 124 valence electrons. The van der Waals surface area contributed by atoms with Crippen LogP contribution >= 0.6 is 11.6 Å². The zero-order valence-electron chi connectivity index (χ0n) is 13.3. The van der Waals surface area contributed by atoms with E-state index in [0.29, 0.717) is 16.7 Å². The van der Waals surface area contributed by atoms with E-state index >= 15 is 0 Å². The Balaban J connectivity index is 2.28. The molecule has 0 fully saturated rings. The first kappa shape index (κ1) is 17.6. The van der Waals surface area contributed by atoms with Crippen LogP contribution in [0.1, 0.15) is 31.7 Å². The first-order chi connectivity index (χ1) is 10.9. The molecule has 1 atom stereocenters. The molecular weight excluding hydrogens is 334 g/mol. The Labute approximate surface area is 142 Å². The summed E-state index contributed by atoms with van der Waals surface area (Å²) < 4.78 is 32.6. The Morgan fingerprint density at radius 3 is 2.39 bits per heavy atom. The van der Waals surface area contributed by atoms with Gasteiger partial charge in [0.15, 0.2) is 0 Å². The first-order valence-electron chi connectivity index (χ1n) is 7.33. The zero-order chi connectivity index (χ0) is 17.0. The molecule has 0 radical (unpaired) electrons. The summed E-state index contributed by atoms with van der Waals surface area (Å²) in [7, 11) is -2.19. The second kappa shape index (κ2) is 7.23.